The molecule has 3 heterocycles. The number of carbonyl (C=O) groups is 1. The summed E-state index contributed by atoms with van der Waals surface area (Å²) in [7, 11) is 0. The fraction of sp³-hybridized carbons (Fsp3) is 0.611. The Balaban J connectivity index is 1.53. The highest BCUT2D eigenvalue weighted by molar-refractivity contribution is 5.76. The number of carbonyl (C=O) groups excluding carboxylic acids is 1. The van der Waals surface area contributed by atoms with E-state index in [-0.39, 0.29) is 5.91 Å². The highest BCUT2D eigenvalue weighted by Gasteiger charge is 2.25. The molecule has 0 atom stereocenters. The van der Waals surface area contributed by atoms with Gasteiger partial charge in [-0.3, -0.25) is 9.48 Å². The lowest BCUT2D eigenvalue weighted by Crippen LogP contribution is -2.39. The van der Waals surface area contributed by atoms with Gasteiger partial charge in [-0.25, -0.2) is 4.98 Å². The fourth-order valence-electron chi connectivity index (χ4n) is 3.75. The first-order chi connectivity index (χ1) is 11.5. The van der Waals surface area contributed by atoms with Gasteiger partial charge in [0.25, 0.3) is 0 Å². The second kappa shape index (κ2) is 6.79. The number of hydrogen-bond donors (Lipinski definition) is 0. The Morgan fingerprint density at radius 3 is 2.42 bits per heavy atom. The summed E-state index contributed by atoms with van der Waals surface area (Å²) < 4.78 is 4.25. The zero-order chi connectivity index (χ0) is 17.3. The zero-order valence-electron chi connectivity index (χ0n) is 15.1. The van der Waals surface area contributed by atoms with Crippen molar-refractivity contribution in [3.8, 4) is 0 Å². The van der Waals surface area contributed by atoms with Crippen molar-refractivity contribution in [2.24, 2.45) is 0 Å². The van der Waals surface area contributed by atoms with Crippen LogP contribution < -0.4 is 0 Å². The number of piperidine rings is 1. The van der Waals surface area contributed by atoms with E-state index >= 15 is 0 Å². The van der Waals surface area contributed by atoms with Crippen molar-refractivity contribution in [3.05, 3.63) is 35.2 Å². The molecule has 24 heavy (non-hydrogen) atoms. The Morgan fingerprint density at radius 2 is 1.88 bits per heavy atom. The second-order valence-corrected chi connectivity index (χ2v) is 6.83. The quantitative estimate of drug-likeness (QED) is 0.866. The summed E-state index contributed by atoms with van der Waals surface area (Å²) in [6, 6.07) is 2.51. The zero-order valence-corrected chi connectivity index (χ0v) is 15.1. The van der Waals surface area contributed by atoms with Gasteiger partial charge in [0.1, 0.15) is 5.82 Å². The van der Waals surface area contributed by atoms with E-state index in [1.807, 2.05) is 35.7 Å². The number of hydrogen-bond acceptors (Lipinski definition) is 3. The van der Waals surface area contributed by atoms with Crippen molar-refractivity contribution >= 4 is 5.91 Å². The maximum Gasteiger partial charge on any atom is 0.224 e. The minimum atomic E-state index is 0.236. The molecule has 130 valence electrons. The van der Waals surface area contributed by atoms with E-state index in [9.17, 15) is 4.79 Å². The lowest BCUT2D eigenvalue weighted by Gasteiger charge is -2.33. The molecule has 0 radical (unpaired) electrons. The average Bonchev–Trinajstić information content (AvgIpc) is 3.06. The molecule has 0 bridgehead atoms. The molecule has 0 N–H and O–H groups in total. The molecule has 1 amide bonds. The topological polar surface area (TPSA) is 56.0 Å². The van der Waals surface area contributed by atoms with Crippen LogP contribution in [0.3, 0.4) is 0 Å². The first-order valence-corrected chi connectivity index (χ1v) is 8.75. The Hall–Kier alpha value is -2.11. The van der Waals surface area contributed by atoms with E-state index in [2.05, 4.69) is 28.5 Å². The highest BCUT2D eigenvalue weighted by Crippen LogP contribution is 2.25. The molecule has 0 aromatic carbocycles. The molecule has 0 aliphatic carbocycles. The number of likely N-dealkylation sites (tertiary alicyclic amines) is 1. The summed E-state index contributed by atoms with van der Waals surface area (Å²) in [5.74, 6) is 1.31. The van der Waals surface area contributed by atoms with Crippen LogP contribution in [0.1, 0.15) is 48.2 Å². The molecule has 1 fully saturated rings. The van der Waals surface area contributed by atoms with Crippen molar-refractivity contribution in [2.75, 3.05) is 13.1 Å². The molecule has 1 saturated heterocycles. The lowest BCUT2D eigenvalue weighted by molar-refractivity contribution is -0.132. The fourth-order valence-corrected chi connectivity index (χ4v) is 3.75. The molecular formula is C18H27N5O. The number of nitrogens with zero attached hydrogens (tertiary/aromatic N) is 5. The van der Waals surface area contributed by atoms with E-state index in [1.165, 1.54) is 5.69 Å². The van der Waals surface area contributed by atoms with Gasteiger partial charge >= 0.3 is 0 Å². The third-order valence-electron chi connectivity index (χ3n) is 4.99. The van der Waals surface area contributed by atoms with Crippen LogP contribution in [-0.2, 0) is 11.3 Å². The van der Waals surface area contributed by atoms with Crippen molar-refractivity contribution in [1.82, 2.24) is 24.2 Å². The summed E-state index contributed by atoms with van der Waals surface area (Å²) in [4.78, 5) is 18.9. The van der Waals surface area contributed by atoms with Crippen LogP contribution in [0.15, 0.2) is 12.3 Å². The number of rotatable bonds is 4. The van der Waals surface area contributed by atoms with E-state index in [0.717, 1.165) is 43.1 Å². The van der Waals surface area contributed by atoms with Crippen LogP contribution in [0.25, 0.3) is 0 Å². The van der Waals surface area contributed by atoms with Crippen LogP contribution in [0.5, 0.6) is 0 Å². The monoisotopic (exact) mass is 329 g/mol. The average molecular weight is 329 g/mol. The molecule has 1 aliphatic rings. The molecule has 6 heteroatoms. The summed E-state index contributed by atoms with van der Waals surface area (Å²) in [6.45, 7) is 10.5. The summed E-state index contributed by atoms with van der Waals surface area (Å²) in [6.07, 6.45) is 4.46. The number of aryl methyl sites for hydroxylation is 5. The predicted octanol–water partition coefficient (Wildman–Crippen LogP) is 2.57. The lowest BCUT2D eigenvalue weighted by atomic mass is 10.0. The van der Waals surface area contributed by atoms with Crippen LogP contribution >= 0.6 is 0 Å². The van der Waals surface area contributed by atoms with E-state index < -0.39 is 0 Å². The van der Waals surface area contributed by atoms with Gasteiger partial charge in [-0.15, -0.1) is 0 Å². The van der Waals surface area contributed by atoms with Gasteiger partial charge in [0, 0.05) is 49.7 Å². The molecule has 0 spiro atoms. The predicted molar refractivity (Wildman–Crippen MR) is 92.9 cm³/mol. The molecule has 0 unspecified atom stereocenters. The van der Waals surface area contributed by atoms with E-state index in [4.69, 9.17) is 0 Å². The van der Waals surface area contributed by atoms with Gasteiger partial charge in [0.15, 0.2) is 0 Å². The second-order valence-electron chi connectivity index (χ2n) is 6.83. The van der Waals surface area contributed by atoms with Gasteiger partial charge in [-0.1, -0.05) is 0 Å². The Kier molecular flexibility index (Phi) is 4.73. The first kappa shape index (κ1) is 16.7. The number of amides is 1. The minimum Gasteiger partial charge on any atom is -0.342 e. The van der Waals surface area contributed by atoms with Gasteiger partial charge in [0.2, 0.25) is 5.91 Å². The molecule has 1 aliphatic heterocycles. The van der Waals surface area contributed by atoms with Crippen LogP contribution in [0, 0.1) is 27.7 Å². The van der Waals surface area contributed by atoms with Gasteiger partial charge in [-0.05, 0) is 46.6 Å². The first-order valence-electron chi connectivity index (χ1n) is 8.75. The normalized spacial score (nSPS) is 15.9. The standard InChI is InChI=1S/C18H27N5O/c1-13-11-14(2)22(20-13)10-7-18(24)21-8-5-17(6-9-21)23-15(3)12-19-16(23)4/h11-12,17H,5-10H2,1-4H3. The van der Waals surface area contributed by atoms with Crippen molar-refractivity contribution in [1.29, 1.82) is 0 Å². The van der Waals surface area contributed by atoms with Crippen LogP contribution in [0.2, 0.25) is 0 Å². The van der Waals surface area contributed by atoms with Gasteiger partial charge in [-0.2, -0.15) is 5.10 Å². The van der Waals surface area contributed by atoms with Crippen LogP contribution in [-0.4, -0.2) is 43.2 Å². The van der Waals surface area contributed by atoms with Gasteiger partial charge in [0.05, 0.1) is 5.69 Å². The number of imidazole rings is 1. The van der Waals surface area contributed by atoms with Crippen molar-refractivity contribution < 1.29 is 4.79 Å². The minimum absolute atomic E-state index is 0.236. The molecule has 3 rings (SSSR count). The molecular weight excluding hydrogens is 302 g/mol. The van der Waals surface area contributed by atoms with E-state index in [1.54, 1.807) is 0 Å². The maximum atomic E-state index is 12.5. The Bertz CT molecular complexity index is 702. The summed E-state index contributed by atoms with van der Waals surface area (Å²) in [5, 5.41) is 4.43. The molecule has 0 saturated carbocycles. The van der Waals surface area contributed by atoms with Crippen molar-refractivity contribution in [3.63, 3.8) is 0 Å². The molecule has 6 nitrogen and oxygen atoms in total. The van der Waals surface area contributed by atoms with Crippen LogP contribution in [0.4, 0.5) is 0 Å². The highest BCUT2D eigenvalue weighted by atomic mass is 16.2. The largest absolute Gasteiger partial charge is 0.342 e. The third-order valence-corrected chi connectivity index (χ3v) is 4.99. The van der Waals surface area contributed by atoms with E-state index in [0.29, 0.717) is 19.0 Å². The summed E-state index contributed by atoms with van der Waals surface area (Å²) in [5.41, 5.74) is 3.33. The Labute approximate surface area is 143 Å². The van der Waals surface area contributed by atoms with Gasteiger partial charge < -0.3 is 9.47 Å². The summed E-state index contributed by atoms with van der Waals surface area (Å²) >= 11 is 0. The maximum absolute atomic E-state index is 12.5. The molecule has 2 aromatic heterocycles. The third kappa shape index (κ3) is 3.37. The van der Waals surface area contributed by atoms with Crippen molar-refractivity contribution in [2.45, 2.75) is 59.5 Å². The smallest absolute Gasteiger partial charge is 0.224 e. The molecule has 2 aromatic rings. The number of aromatic nitrogens is 4. The SMILES string of the molecule is Cc1cc(C)n(CCC(=O)N2CCC(n3c(C)cnc3C)CC2)n1. The Morgan fingerprint density at radius 1 is 1.17 bits per heavy atom.